The van der Waals surface area contributed by atoms with Gasteiger partial charge < -0.3 is 14.7 Å². The number of piperazine rings is 2. The van der Waals surface area contributed by atoms with Gasteiger partial charge in [0.1, 0.15) is 5.82 Å². The molecule has 0 spiro atoms. The van der Waals surface area contributed by atoms with Gasteiger partial charge in [-0.05, 0) is 43.2 Å². The van der Waals surface area contributed by atoms with Gasteiger partial charge in [-0.25, -0.2) is 12.8 Å². The standard InChI is InChI=1S/C27H33FN6O3S/c1-20-8-9-21(2)25(18-20)32-14-16-34(17-15-32)38(36,37)26-22(19-30(3)29-26)27(35)33-12-10-31(11-13-33)24-7-5-4-6-23(24)28/h4-9,18-19H,10-17H2,1-3H3. The number of halogens is 1. The minimum atomic E-state index is -3.97. The number of para-hydroxylation sites is 1. The quantitative estimate of drug-likeness (QED) is 0.495. The predicted molar refractivity (Wildman–Crippen MR) is 145 cm³/mol. The predicted octanol–water partition coefficient (Wildman–Crippen LogP) is 2.65. The van der Waals surface area contributed by atoms with Crippen molar-refractivity contribution in [2.75, 3.05) is 62.2 Å². The van der Waals surface area contributed by atoms with E-state index in [4.69, 9.17) is 0 Å². The molecule has 0 aliphatic carbocycles. The highest BCUT2D eigenvalue weighted by atomic mass is 32.2. The second kappa shape index (κ2) is 10.4. The highest BCUT2D eigenvalue weighted by molar-refractivity contribution is 7.89. The second-order valence-corrected chi connectivity index (χ2v) is 11.8. The Morgan fingerprint density at radius 3 is 2.18 bits per heavy atom. The van der Waals surface area contributed by atoms with E-state index in [1.165, 1.54) is 21.3 Å². The van der Waals surface area contributed by atoms with Gasteiger partial charge in [-0.2, -0.15) is 9.40 Å². The highest BCUT2D eigenvalue weighted by Gasteiger charge is 2.36. The van der Waals surface area contributed by atoms with Gasteiger partial charge in [0.05, 0.1) is 11.3 Å². The lowest BCUT2D eigenvalue weighted by Crippen LogP contribution is -2.50. The summed E-state index contributed by atoms with van der Waals surface area (Å²) in [5.74, 6) is -0.676. The molecule has 2 aliphatic heterocycles. The number of carbonyl (C=O) groups excluding carboxylic acids is 1. The number of benzene rings is 2. The van der Waals surface area contributed by atoms with Gasteiger partial charge in [0, 0.05) is 71.3 Å². The van der Waals surface area contributed by atoms with Gasteiger partial charge in [0.2, 0.25) is 5.03 Å². The fourth-order valence-corrected chi connectivity index (χ4v) is 6.72. The van der Waals surface area contributed by atoms with Crippen LogP contribution in [-0.4, -0.2) is 85.7 Å². The molecule has 2 aromatic carbocycles. The van der Waals surface area contributed by atoms with E-state index in [9.17, 15) is 17.6 Å². The molecular formula is C27H33FN6O3S. The Hall–Kier alpha value is -3.44. The number of nitrogens with zero attached hydrogens (tertiary/aromatic N) is 6. The Morgan fingerprint density at radius 2 is 1.50 bits per heavy atom. The van der Waals surface area contributed by atoms with E-state index in [1.807, 2.05) is 11.8 Å². The molecule has 0 bridgehead atoms. The van der Waals surface area contributed by atoms with Crippen molar-refractivity contribution in [3.8, 4) is 0 Å². The molecule has 1 amide bonds. The van der Waals surface area contributed by atoms with E-state index >= 15 is 0 Å². The molecule has 3 heterocycles. The largest absolute Gasteiger partial charge is 0.369 e. The number of carbonyl (C=O) groups is 1. The summed E-state index contributed by atoms with van der Waals surface area (Å²) in [4.78, 5) is 19.2. The smallest absolute Gasteiger partial charge is 0.263 e. The fourth-order valence-electron chi connectivity index (χ4n) is 5.19. The van der Waals surface area contributed by atoms with Crippen LogP contribution in [0.5, 0.6) is 0 Å². The van der Waals surface area contributed by atoms with Gasteiger partial charge in [-0.15, -0.1) is 0 Å². The van der Waals surface area contributed by atoms with E-state index in [1.54, 1.807) is 30.1 Å². The minimum absolute atomic E-state index is 0.0730. The number of rotatable bonds is 5. The first-order valence-electron chi connectivity index (χ1n) is 12.8. The molecule has 3 aromatic rings. The fraction of sp³-hybridized carbons (Fsp3) is 0.407. The molecule has 2 aliphatic rings. The summed E-state index contributed by atoms with van der Waals surface area (Å²) in [7, 11) is -2.36. The van der Waals surface area contributed by atoms with Crippen molar-refractivity contribution >= 4 is 27.3 Å². The summed E-state index contributed by atoms with van der Waals surface area (Å²) in [5, 5.41) is 4.01. The Kier molecular flexibility index (Phi) is 7.15. The van der Waals surface area contributed by atoms with E-state index in [0.29, 0.717) is 58.0 Å². The van der Waals surface area contributed by atoms with Crippen LogP contribution in [-0.2, 0) is 17.1 Å². The van der Waals surface area contributed by atoms with Crippen molar-refractivity contribution in [1.29, 1.82) is 0 Å². The molecular weight excluding hydrogens is 507 g/mol. The number of amides is 1. The summed E-state index contributed by atoms with van der Waals surface area (Å²) in [6.45, 7) is 7.44. The van der Waals surface area contributed by atoms with E-state index in [-0.39, 0.29) is 22.3 Å². The third-order valence-electron chi connectivity index (χ3n) is 7.31. The SMILES string of the molecule is Cc1ccc(C)c(N2CCN(S(=O)(=O)c3nn(C)cc3C(=O)N3CCN(c4ccccc4F)CC3)CC2)c1. The van der Waals surface area contributed by atoms with Crippen LogP contribution in [0.15, 0.2) is 53.7 Å². The lowest BCUT2D eigenvalue weighted by Gasteiger charge is -2.37. The molecule has 2 fully saturated rings. The van der Waals surface area contributed by atoms with Crippen LogP contribution in [0, 0.1) is 19.7 Å². The zero-order valence-electron chi connectivity index (χ0n) is 22.0. The summed E-state index contributed by atoms with van der Waals surface area (Å²) >= 11 is 0. The van der Waals surface area contributed by atoms with Gasteiger partial charge in [0.15, 0.2) is 0 Å². The lowest BCUT2D eigenvalue weighted by atomic mass is 10.1. The molecule has 38 heavy (non-hydrogen) atoms. The first-order chi connectivity index (χ1) is 18.1. The van der Waals surface area contributed by atoms with Crippen molar-refractivity contribution < 1.29 is 17.6 Å². The number of anilines is 2. The summed E-state index contributed by atoms with van der Waals surface area (Å²) in [5.41, 5.74) is 4.00. The van der Waals surface area contributed by atoms with Crippen molar-refractivity contribution in [1.82, 2.24) is 19.0 Å². The Bertz CT molecular complexity index is 1440. The van der Waals surface area contributed by atoms with Crippen LogP contribution in [0.1, 0.15) is 21.5 Å². The van der Waals surface area contributed by atoms with Crippen LogP contribution in [0.25, 0.3) is 0 Å². The normalized spacial score (nSPS) is 17.2. The zero-order valence-corrected chi connectivity index (χ0v) is 22.8. The van der Waals surface area contributed by atoms with Crippen LogP contribution in [0.4, 0.5) is 15.8 Å². The Labute approximate surface area is 223 Å². The molecule has 0 atom stereocenters. The van der Waals surface area contributed by atoms with E-state index < -0.39 is 10.0 Å². The van der Waals surface area contributed by atoms with Gasteiger partial charge in [-0.1, -0.05) is 24.3 Å². The van der Waals surface area contributed by atoms with Crippen LogP contribution >= 0.6 is 0 Å². The molecule has 9 nitrogen and oxygen atoms in total. The molecule has 0 unspecified atom stereocenters. The van der Waals surface area contributed by atoms with Crippen LogP contribution in [0.2, 0.25) is 0 Å². The monoisotopic (exact) mass is 540 g/mol. The molecule has 0 saturated carbocycles. The van der Waals surface area contributed by atoms with Crippen LogP contribution < -0.4 is 9.80 Å². The van der Waals surface area contributed by atoms with E-state index in [2.05, 4.69) is 35.1 Å². The maximum absolute atomic E-state index is 14.2. The molecule has 5 rings (SSSR count). The molecule has 0 N–H and O–H groups in total. The first kappa shape index (κ1) is 26.2. The van der Waals surface area contributed by atoms with Gasteiger partial charge >= 0.3 is 0 Å². The molecule has 2 saturated heterocycles. The summed E-state index contributed by atoms with van der Waals surface area (Å²) in [6, 6.07) is 12.8. The number of aromatic nitrogens is 2. The van der Waals surface area contributed by atoms with Crippen molar-refractivity contribution in [2.24, 2.45) is 7.05 Å². The number of hydrogen-bond donors (Lipinski definition) is 0. The Morgan fingerprint density at radius 1 is 0.868 bits per heavy atom. The Balaban J connectivity index is 1.29. The third-order valence-corrected chi connectivity index (χ3v) is 9.15. The minimum Gasteiger partial charge on any atom is -0.369 e. The second-order valence-electron chi connectivity index (χ2n) is 9.93. The number of hydrogen-bond acceptors (Lipinski definition) is 6. The van der Waals surface area contributed by atoms with Gasteiger partial charge in [-0.3, -0.25) is 9.48 Å². The summed E-state index contributed by atoms with van der Waals surface area (Å²) in [6.07, 6.45) is 1.48. The molecule has 1 aromatic heterocycles. The molecule has 202 valence electrons. The van der Waals surface area contributed by atoms with Crippen molar-refractivity contribution in [2.45, 2.75) is 18.9 Å². The highest BCUT2D eigenvalue weighted by Crippen LogP contribution is 2.27. The number of sulfonamides is 1. The zero-order chi connectivity index (χ0) is 27.0. The topological polar surface area (TPSA) is 82.0 Å². The maximum Gasteiger partial charge on any atom is 0.263 e. The average molecular weight is 541 g/mol. The molecule has 0 radical (unpaired) electrons. The van der Waals surface area contributed by atoms with Crippen LogP contribution in [0.3, 0.4) is 0 Å². The van der Waals surface area contributed by atoms with Gasteiger partial charge in [0.25, 0.3) is 15.9 Å². The third kappa shape index (κ3) is 5.00. The summed E-state index contributed by atoms with van der Waals surface area (Å²) < 4.78 is 44.3. The van der Waals surface area contributed by atoms with E-state index in [0.717, 1.165) is 16.8 Å². The van der Waals surface area contributed by atoms with Crippen molar-refractivity contribution in [3.05, 3.63) is 71.2 Å². The lowest BCUT2D eigenvalue weighted by molar-refractivity contribution is 0.0742. The average Bonchev–Trinajstić information content (AvgIpc) is 3.32. The number of aryl methyl sites for hydroxylation is 3. The maximum atomic E-state index is 14.2. The molecule has 11 heteroatoms. The van der Waals surface area contributed by atoms with Crippen molar-refractivity contribution in [3.63, 3.8) is 0 Å². The first-order valence-corrected chi connectivity index (χ1v) is 14.2.